The summed E-state index contributed by atoms with van der Waals surface area (Å²) in [6.07, 6.45) is 10.9. The number of nitrogens with zero attached hydrogens (tertiary/aromatic N) is 1. The molecule has 0 bridgehead atoms. The normalized spacial score (nSPS) is 19.9. The highest BCUT2D eigenvalue weighted by atomic mass is 32.2. The smallest absolute Gasteiger partial charge is 0.240 e. The Bertz CT molecular complexity index is 1300. The molecule has 3 aliphatic rings. The van der Waals surface area contributed by atoms with Crippen LogP contribution in [0.3, 0.4) is 0 Å². The lowest BCUT2D eigenvalue weighted by Crippen LogP contribution is -2.35. The highest BCUT2D eigenvalue weighted by molar-refractivity contribution is 7.89. The largest absolute Gasteiger partial charge is 0.299 e. The molecule has 5 rings (SSSR count). The standard InChI is InChI=1S/C25H24F2N2O3S/c26-22-11-10-19(14-23(22)27)33(31,32)29-17-8-6-15(7-9-17)21-12-18(13-25(30)16-4-5-16)28-24-3-1-2-20(21)24/h1-2,6,10-12,14,16-17,29H,3-5,7-9,13H2. The van der Waals surface area contributed by atoms with Gasteiger partial charge in [0.05, 0.1) is 10.6 Å². The van der Waals surface area contributed by atoms with Crippen molar-refractivity contribution in [2.45, 2.75) is 55.9 Å². The number of hydrogen-bond donors (Lipinski definition) is 1. The van der Waals surface area contributed by atoms with Crippen LogP contribution in [0.4, 0.5) is 8.78 Å². The molecular formula is C25H24F2N2O3S. The Hall–Kier alpha value is -2.71. The number of fused-ring (bicyclic) bond motifs is 1. The van der Waals surface area contributed by atoms with Gasteiger partial charge in [-0.1, -0.05) is 18.2 Å². The van der Waals surface area contributed by atoms with Gasteiger partial charge >= 0.3 is 0 Å². The lowest BCUT2D eigenvalue weighted by Gasteiger charge is -2.24. The predicted octanol–water partition coefficient (Wildman–Crippen LogP) is 4.37. The molecule has 2 aromatic rings. The number of ketones is 1. The molecule has 1 fully saturated rings. The number of nitrogens with one attached hydrogen (secondary N) is 1. The third-order valence-corrected chi connectivity index (χ3v) is 7.97. The number of halogens is 2. The molecule has 1 aromatic carbocycles. The summed E-state index contributed by atoms with van der Waals surface area (Å²) < 4.78 is 54.5. The first-order valence-electron chi connectivity index (χ1n) is 11.2. The van der Waals surface area contributed by atoms with Gasteiger partial charge in [-0.25, -0.2) is 21.9 Å². The molecule has 0 amide bonds. The summed E-state index contributed by atoms with van der Waals surface area (Å²) in [5.74, 6) is -1.84. The van der Waals surface area contributed by atoms with Gasteiger partial charge in [0.25, 0.3) is 0 Å². The predicted molar refractivity (Wildman–Crippen MR) is 121 cm³/mol. The van der Waals surface area contributed by atoms with E-state index in [1.54, 1.807) is 0 Å². The molecule has 8 heteroatoms. The Labute approximate surface area is 191 Å². The molecule has 0 radical (unpaired) electrons. The zero-order chi connectivity index (χ0) is 23.2. The van der Waals surface area contributed by atoms with Crippen molar-refractivity contribution >= 4 is 27.5 Å². The molecule has 0 saturated heterocycles. The van der Waals surface area contributed by atoms with Gasteiger partial charge in [-0.3, -0.25) is 9.78 Å². The SMILES string of the molecule is O=C(Cc1cc(C2=CCC(NS(=O)(=O)c3ccc(F)c(F)c3)CC2)c2c(n1)CC=C2)C1CC1. The van der Waals surface area contributed by atoms with Crippen molar-refractivity contribution in [2.24, 2.45) is 5.92 Å². The van der Waals surface area contributed by atoms with Crippen molar-refractivity contribution in [3.05, 3.63) is 70.6 Å². The summed E-state index contributed by atoms with van der Waals surface area (Å²) in [7, 11) is -3.96. The van der Waals surface area contributed by atoms with Gasteiger partial charge in [0, 0.05) is 36.1 Å². The number of rotatable bonds is 7. The molecule has 1 N–H and O–H groups in total. The Kier molecular flexibility index (Phi) is 5.74. The first-order chi connectivity index (χ1) is 15.8. The topological polar surface area (TPSA) is 76.1 Å². The van der Waals surface area contributed by atoms with E-state index >= 15 is 0 Å². The minimum absolute atomic E-state index is 0.193. The summed E-state index contributed by atoms with van der Waals surface area (Å²) in [6.45, 7) is 0. The van der Waals surface area contributed by atoms with Crippen molar-refractivity contribution in [1.82, 2.24) is 9.71 Å². The summed E-state index contributed by atoms with van der Waals surface area (Å²) in [5.41, 5.74) is 5.03. The quantitative estimate of drug-likeness (QED) is 0.652. The van der Waals surface area contributed by atoms with E-state index in [9.17, 15) is 22.0 Å². The van der Waals surface area contributed by atoms with Gasteiger partial charge < -0.3 is 0 Å². The van der Waals surface area contributed by atoms with E-state index < -0.39 is 21.7 Å². The van der Waals surface area contributed by atoms with E-state index in [0.29, 0.717) is 31.7 Å². The molecule has 1 unspecified atom stereocenters. The number of carbonyl (C=O) groups excluding carboxylic acids is 1. The van der Waals surface area contributed by atoms with Crippen LogP contribution in [0.2, 0.25) is 0 Å². The maximum Gasteiger partial charge on any atom is 0.240 e. The number of sulfonamides is 1. The molecule has 1 saturated carbocycles. The Morgan fingerprint density at radius 1 is 1.12 bits per heavy atom. The second-order valence-corrected chi connectivity index (χ2v) is 10.7. The summed E-state index contributed by atoms with van der Waals surface area (Å²) >= 11 is 0. The minimum atomic E-state index is -3.96. The van der Waals surface area contributed by atoms with Gasteiger partial charge in [-0.05, 0) is 67.5 Å². The van der Waals surface area contributed by atoms with Crippen molar-refractivity contribution in [2.75, 3.05) is 0 Å². The Balaban J connectivity index is 1.33. The Morgan fingerprint density at radius 2 is 1.94 bits per heavy atom. The number of carbonyl (C=O) groups is 1. The fourth-order valence-electron chi connectivity index (χ4n) is 4.50. The van der Waals surface area contributed by atoms with Gasteiger partial charge in [-0.2, -0.15) is 0 Å². The number of Topliss-reactive ketones (excluding diaryl/α,β-unsaturated/α-hetero) is 1. The van der Waals surface area contributed by atoms with Crippen molar-refractivity contribution in [3.63, 3.8) is 0 Å². The molecule has 1 aromatic heterocycles. The van der Waals surface area contributed by atoms with Crippen LogP contribution in [0.15, 0.2) is 41.3 Å². The van der Waals surface area contributed by atoms with Crippen LogP contribution in [0.5, 0.6) is 0 Å². The molecule has 0 spiro atoms. The van der Waals surface area contributed by atoms with Gasteiger partial charge in [0.1, 0.15) is 5.78 Å². The van der Waals surface area contributed by atoms with Crippen LogP contribution in [0.1, 0.15) is 54.6 Å². The third-order valence-electron chi connectivity index (χ3n) is 6.45. The van der Waals surface area contributed by atoms with Crippen LogP contribution >= 0.6 is 0 Å². The molecule has 172 valence electrons. The van der Waals surface area contributed by atoms with E-state index in [2.05, 4.69) is 16.9 Å². The number of allylic oxidation sites excluding steroid dienone is 2. The summed E-state index contributed by atoms with van der Waals surface area (Å²) in [5, 5.41) is 0. The fraction of sp³-hybridized carbons (Fsp3) is 0.360. The fourth-order valence-corrected chi connectivity index (χ4v) is 5.79. The zero-order valence-electron chi connectivity index (χ0n) is 18.0. The Morgan fingerprint density at radius 3 is 2.64 bits per heavy atom. The maximum absolute atomic E-state index is 13.5. The molecule has 1 atom stereocenters. The summed E-state index contributed by atoms with van der Waals surface area (Å²) in [6, 6.07) is 4.23. The van der Waals surface area contributed by atoms with E-state index in [0.717, 1.165) is 59.5 Å². The first kappa shape index (κ1) is 22.1. The van der Waals surface area contributed by atoms with Crippen LogP contribution in [0.25, 0.3) is 11.6 Å². The van der Waals surface area contributed by atoms with Crippen molar-refractivity contribution in [1.29, 1.82) is 0 Å². The highest BCUT2D eigenvalue weighted by Crippen LogP contribution is 2.35. The second-order valence-electron chi connectivity index (χ2n) is 8.94. The number of pyridine rings is 1. The van der Waals surface area contributed by atoms with Crippen molar-refractivity contribution < 1.29 is 22.0 Å². The van der Waals surface area contributed by atoms with E-state index in [1.165, 1.54) is 0 Å². The summed E-state index contributed by atoms with van der Waals surface area (Å²) in [4.78, 5) is 16.7. The highest BCUT2D eigenvalue weighted by Gasteiger charge is 2.30. The van der Waals surface area contributed by atoms with Crippen LogP contribution in [-0.2, 0) is 27.7 Å². The minimum Gasteiger partial charge on any atom is -0.299 e. The van der Waals surface area contributed by atoms with E-state index in [1.807, 2.05) is 12.1 Å². The number of aromatic nitrogens is 1. The van der Waals surface area contributed by atoms with Crippen LogP contribution < -0.4 is 4.72 Å². The first-order valence-corrected chi connectivity index (χ1v) is 12.7. The average molecular weight is 471 g/mol. The molecular weight excluding hydrogens is 446 g/mol. The van der Waals surface area contributed by atoms with Crippen LogP contribution in [0, 0.1) is 17.6 Å². The monoisotopic (exact) mass is 470 g/mol. The van der Waals surface area contributed by atoms with Crippen LogP contribution in [-0.4, -0.2) is 25.2 Å². The van der Waals surface area contributed by atoms with E-state index in [4.69, 9.17) is 4.98 Å². The molecule has 5 nitrogen and oxygen atoms in total. The molecule has 0 aliphatic heterocycles. The molecule has 3 aliphatic carbocycles. The average Bonchev–Trinajstić information content (AvgIpc) is 3.53. The van der Waals surface area contributed by atoms with Gasteiger partial charge in [0.15, 0.2) is 11.6 Å². The lowest BCUT2D eigenvalue weighted by atomic mass is 9.88. The molecule has 33 heavy (non-hydrogen) atoms. The third kappa shape index (κ3) is 4.68. The lowest BCUT2D eigenvalue weighted by molar-refractivity contribution is -0.119. The zero-order valence-corrected chi connectivity index (χ0v) is 18.8. The molecule has 1 heterocycles. The van der Waals surface area contributed by atoms with Gasteiger partial charge in [0.2, 0.25) is 10.0 Å². The van der Waals surface area contributed by atoms with Gasteiger partial charge in [-0.15, -0.1) is 0 Å². The van der Waals surface area contributed by atoms with E-state index in [-0.39, 0.29) is 22.6 Å². The second kappa shape index (κ2) is 8.57. The van der Waals surface area contributed by atoms with Crippen molar-refractivity contribution in [3.8, 4) is 0 Å². The number of benzene rings is 1. The number of hydrogen-bond acceptors (Lipinski definition) is 4. The maximum atomic E-state index is 13.5.